The van der Waals surface area contributed by atoms with Crippen LogP contribution in [0.4, 0.5) is 0 Å². The van der Waals surface area contributed by atoms with Crippen LogP contribution < -0.4 is 0 Å². The molecule has 0 unspecified atom stereocenters. The minimum Gasteiger partial charge on any atom is -0.282 e. The summed E-state index contributed by atoms with van der Waals surface area (Å²) < 4.78 is 33.6. The van der Waals surface area contributed by atoms with Crippen molar-refractivity contribution in [1.29, 1.82) is 0 Å². The fourth-order valence-corrected chi connectivity index (χ4v) is 3.58. The fraction of sp³-hybridized carbons (Fsp3) is 0.444. The zero-order valence-corrected chi connectivity index (χ0v) is 14.9. The van der Waals surface area contributed by atoms with Crippen molar-refractivity contribution >= 4 is 10.1 Å². The van der Waals surface area contributed by atoms with Gasteiger partial charge >= 0.3 is 0 Å². The van der Waals surface area contributed by atoms with Gasteiger partial charge in [0.2, 0.25) is 0 Å². The zero-order valence-electron chi connectivity index (χ0n) is 14.1. The van der Waals surface area contributed by atoms with Crippen LogP contribution in [0.25, 0.3) is 11.1 Å². The van der Waals surface area contributed by atoms with E-state index in [0.717, 1.165) is 16.7 Å². The van der Waals surface area contributed by atoms with Crippen LogP contribution in [0.3, 0.4) is 0 Å². The highest BCUT2D eigenvalue weighted by atomic mass is 32.2. The second-order valence-corrected chi connectivity index (χ2v) is 9.21. The first kappa shape index (κ1) is 17.0. The van der Waals surface area contributed by atoms with Crippen molar-refractivity contribution in [3.63, 3.8) is 0 Å². The van der Waals surface area contributed by atoms with Crippen molar-refractivity contribution in [2.24, 2.45) is 0 Å². The molecule has 22 heavy (non-hydrogen) atoms. The molecule has 1 N–H and O–H groups in total. The second-order valence-electron chi connectivity index (χ2n) is 7.82. The van der Waals surface area contributed by atoms with Gasteiger partial charge in [0.1, 0.15) is 4.90 Å². The Morgan fingerprint density at radius 2 is 1.36 bits per heavy atom. The van der Waals surface area contributed by atoms with Gasteiger partial charge in [0.15, 0.2) is 0 Å². The first-order valence-corrected chi connectivity index (χ1v) is 8.81. The molecule has 0 saturated carbocycles. The zero-order chi connectivity index (χ0) is 16.9. The standard InChI is InChI=1S/C18H24O3S/c1-17(2,3)13-10-8-7-9-12-14(18(4,5)6)11-15(16(12)13)22(19,20)21/h7-11H,1-6H3,(H,19,20,21). The van der Waals surface area contributed by atoms with Gasteiger partial charge in [-0.25, -0.2) is 0 Å². The number of fused-ring (bicyclic) bond motifs is 1. The molecule has 0 heterocycles. The van der Waals surface area contributed by atoms with Crippen molar-refractivity contribution in [3.05, 3.63) is 41.5 Å². The van der Waals surface area contributed by atoms with Gasteiger partial charge < -0.3 is 0 Å². The lowest BCUT2D eigenvalue weighted by Crippen LogP contribution is -2.14. The Morgan fingerprint density at radius 1 is 0.864 bits per heavy atom. The molecule has 2 aliphatic rings. The summed E-state index contributed by atoms with van der Waals surface area (Å²) in [7, 11) is -4.28. The fourth-order valence-electron chi connectivity index (χ4n) is 2.84. The summed E-state index contributed by atoms with van der Waals surface area (Å²) in [6.45, 7) is 12.2. The Balaban J connectivity index is 3.02. The van der Waals surface area contributed by atoms with E-state index in [1.807, 2.05) is 65.8 Å². The Labute approximate surface area is 133 Å². The van der Waals surface area contributed by atoms with Gasteiger partial charge in [-0.3, -0.25) is 4.55 Å². The monoisotopic (exact) mass is 320 g/mol. The molecular weight excluding hydrogens is 296 g/mol. The largest absolute Gasteiger partial charge is 0.295 e. The van der Waals surface area contributed by atoms with Crippen molar-refractivity contribution in [3.8, 4) is 11.1 Å². The highest BCUT2D eigenvalue weighted by molar-refractivity contribution is 7.86. The van der Waals surface area contributed by atoms with Crippen LogP contribution in [-0.4, -0.2) is 13.0 Å². The molecule has 0 atom stereocenters. The van der Waals surface area contributed by atoms with Gasteiger partial charge in [-0.15, -0.1) is 0 Å². The minimum absolute atomic E-state index is 0.00792. The minimum atomic E-state index is -4.28. The maximum atomic E-state index is 11.9. The first-order valence-electron chi connectivity index (χ1n) is 7.37. The topological polar surface area (TPSA) is 54.4 Å². The molecule has 0 aromatic carbocycles. The Bertz CT molecular complexity index is 775. The molecule has 0 amide bonds. The summed E-state index contributed by atoms with van der Waals surface area (Å²) in [4.78, 5) is 0.00792. The molecular formula is C18H24O3S. The van der Waals surface area contributed by atoms with E-state index in [-0.39, 0.29) is 15.7 Å². The van der Waals surface area contributed by atoms with E-state index in [1.165, 1.54) is 0 Å². The Kier molecular flexibility index (Phi) is 3.91. The third-order valence-electron chi connectivity index (χ3n) is 3.88. The van der Waals surface area contributed by atoms with Gasteiger partial charge in [-0.1, -0.05) is 65.8 Å². The van der Waals surface area contributed by atoms with Crippen LogP contribution in [-0.2, 0) is 20.9 Å². The van der Waals surface area contributed by atoms with E-state index in [4.69, 9.17) is 0 Å². The average Bonchev–Trinajstić information content (AvgIpc) is 2.54. The maximum Gasteiger partial charge on any atom is 0.295 e. The van der Waals surface area contributed by atoms with Crippen LogP contribution in [0.2, 0.25) is 0 Å². The van der Waals surface area contributed by atoms with Crippen LogP contribution >= 0.6 is 0 Å². The number of hydrogen-bond donors (Lipinski definition) is 1. The van der Waals surface area contributed by atoms with Crippen LogP contribution in [0.15, 0.2) is 35.2 Å². The highest BCUT2D eigenvalue weighted by Crippen LogP contribution is 2.45. The lowest BCUT2D eigenvalue weighted by molar-refractivity contribution is 0.483. The van der Waals surface area contributed by atoms with Crippen molar-refractivity contribution in [2.45, 2.75) is 57.3 Å². The summed E-state index contributed by atoms with van der Waals surface area (Å²) in [6.07, 6.45) is 0. The summed E-state index contributed by atoms with van der Waals surface area (Å²) in [5, 5.41) is 0. The quantitative estimate of drug-likeness (QED) is 0.779. The molecule has 0 radical (unpaired) electrons. The molecule has 3 nitrogen and oxygen atoms in total. The molecule has 0 fully saturated rings. The Hall–Kier alpha value is -1.39. The molecule has 0 aromatic rings. The Morgan fingerprint density at radius 3 is 1.82 bits per heavy atom. The molecule has 0 spiro atoms. The van der Waals surface area contributed by atoms with E-state index in [9.17, 15) is 13.0 Å². The molecule has 0 aliphatic heterocycles. The summed E-state index contributed by atoms with van der Waals surface area (Å²) >= 11 is 0. The van der Waals surface area contributed by atoms with E-state index >= 15 is 0 Å². The highest BCUT2D eigenvalue weighted by Gasteiger charge is 2.32. The maximum absolute atomic E-state index is 11.9. The molecule has 2 aliphatic carbocycles. The first-order chi connectivity index (χ1) is 9.83. The predicted octanol–water partition coefficient (Wildman–Crippen LogP) is 4.63. The van der Waals surface area contributed by atoms with Crippen LogP contribution in [0.1, 0.15) is 52.7 Å². The van der Waals surface area contributed by atoms with Gasteiger partial charge in [0.05, 0.1) is 0 Å². The van der Waals surface area contributed by atoms with E-state index in [2.05, 4.69) is 0 Å². The normalized spacial score (nSPS) is 13.6. The third-order valence-corrected chi connectivity index (χ3v) is 4.76. The average molecular weight is 320 g/mol. The van der Waals surface area contributed by atoms with E-state index in [1.54, 1.807) is 6.07 Å². The summed E-state index contributed by atoms with van der Waals surface area (Å²) in [5.74, 6) is 0. The lowest BCUT2D eigenvalue weighted by Gasteiger charge is -2.23. The van der Waals surface area contributed by atoms with Gasteiger partial charge in [0, 0.05) is 5.56 Å². The molecule has 120 valence electrons. The lowest BCUT2D eigenvalue weighted by atomic mass is 9.81. The predicted molar refractivity (Wildman–Crippen MR) is 90.3 cm³/mol. The van der Waals surface area contributed by atoms with Crippen molar-refractivity contribution in [2.75, 3.05) is 0 Å². The molecule has 0 saturated heterocycles. The van der Waals surface area contributed by atoms with Gasteiger partial charge in [0.25, 0.3) is 10.1 Å². The molecule has 0 aromatic heterocycles. The molecule has 2 rings (SSSR count). The molecule has 0 bridgehead atoms. The van der Waals surface area contributed by atoms with Crippen LogP contribution in [0.5, 0.6) is 0 Å². The number of rotatable bonds is 1. The summed E-state index contributed by atoms with van der Waals surface area (Å²) in [6, 6.07) is 9.32. The van der Waals surface area contributed by atoms with E-state index in [0.29, 0.717) is 5.56 Å². The van der Waals surface area contributed by atoms with Gasteiger partial charge in [-0.05, 0) is 33.6 Å². The molecule has 4 heteroatoms. The van der Waals surface area contributed by atoms with Crippen LogP contribution in [0, 0.1) is 0 Å². The third kappa shape index (κ3) is 3.03. The summed E-state index contributed by atoms with van der Waals surface area (Å²) in [5.41, 5.74) is 2.90. The number of hydrogen-bond acceptors (Lipinski definition) is 2. The second kappa shape index (κ2) is 5.07. The van der Waals surface area contributed by atoms with Crippen molar-refractivity contribution < 1.29 is 13.0 Å². The van der Waals surface area contributed by atoms with Crippen molar-refractivity contribution in [1.82, 2.24) is 0 Å². The van der Waals surface area contributed by atoms with Gasteiger partial charge in [-0.2, -0.15) is 8.42 Å². The smallest absolute Gasteiger partial charge is 0.282 e. The van der Waals surface area contributed by atoms with E-state index < -0.39 is 10.1 Å². The SMILES string of the molecule is CC(C)(C)c1cc(S(=O)(=O)O)c2c(C(C)(C)C)ccccc1-2.